The van der Waals surface area contributed by atoms with Crippen LogP contribution in [0.2, 0.25) is 0 Å². The second-order valence-corrected chi connectivity index (χ2v) is 8.77. The molecule has 4 rings (SSSR count). The lowest BCUT2D eigenvalue weighted by Crippen LogP contribution is -2.45. The lowest BCUT2D eigenvalue weighted by molar-refractivity contribution is -0.137. The van der Waals surface area contributed by atoms with Gasteiger partial charge >= 0.3 is 6.18 Å². The van der Waals surface area contributed by atoms with Gasteiger partial charge in [-0.05, 0) is 38.3 Å². The van der Waals surface area contributed by atoms with E-state index in [4.69, 9.17) is 5.73 Å². The fourth-order valence-electron chi connectivity index (χ4n) is 4.24. The van der Waals surface area contributed by atoms with Crippen molar-refractivity contribution in [3.8, 4) is 0 Å². The van der Waals surface area contributed by atoms with Crippen LogP contribution in [0.5, 0.6) is 0 Å². The molecule has 2 aliphatic rings. The van der Waals surface area contributed by atoms with Gasteiger partial charge in [0.05, 0.1) is 16.1 Å². The normalized spacial score (nSPS) is 20.9. The summed E-state index contributed by atoms with van der Waals surface area (Å²) in [7, 11) is 2.00. The molecule has 2 aromatic rings. The van der Waals surface area contributed by atoms with Gasteiger partial charge in [0, 0.05) is 37.3 Å². The fourth-order valence-corrected chi connectivity index (χ4v) is 5.38. The van der Waals surface area contributed by atoms with Crippen molar-refractivity contribution in [3.05, 3.63) is 21.7 Å². The van der Waals surface area contributed by atoms with Crippen molar-refractivity contribution in [2.24, 2.45) is 0 Å². The summed E-state index contributed by atoms with van der Waals surface area (Å²) in [5.41, 5.74) is 6.44. The molecule has 1 aliphatic heterocycles. The van der Waals surface area contributed by atoms with Crippen LogP contribution in [0, 0.1) is 0 Å². The molecule has 9 heteroatoms. The first-order chi connectivity index (χ1) is 13.3. The van der Waals surface area contributed by atoms with E-state index < -0.39 is 18.0 Å². The van der Waals surface area contributed by atoms with Gasteiger partial charge in [0.25, 0.3) is 0 Å². The lowest BCUT2D eigenvalue weighted by atomic mass is 9.98. The van der Waals surface area contributed by atoms with Crippen LogP contribution in [0.4, 0.5) is 18.9 Å². The zero-order valence-corrected chi connectivity index (χ0v) is 16.7. The van der Waals surface area contributed by atoms with Crippen molar-refractivity contribution in [2.75, 3.05) is 39.0 Å². The average Bonchev–Trinajstić information content (AvgIpc) is 2.80. The highest BCUT2D eigenvalue weighted by molar-refractivity contribution is 7.19. The number of aliphatic hydroxyl groups is 1. The van der Waals surface area contributed by atoms with E-state index in [0.717, 1.165) is 43.7 Å². The summed E-state index contributed by atoms with van der Waals surface area (Å²) in [6.07, 6.45) is -2.09. The maximum atomic E-state index is 14.1. The first kappa shape index (κ1) is 19.9. The minimum atomic E-state index is -4.50. The molecule has 0 saturated carbocycles. The molecule has 3 N–H and O–H groups in total. The number of aromatic nitrogens is 1. The maximum Gasteiger partial charge on any atom is 0.417 e. The number of halogens is 3. The smallest absolute Gasteiger partial charge is 0.397 e. The number of hydrogen-bond donors (Lipinski definition) is 2. The minimum Gasteiger partial charge on any atom is -0.397 e. The van der Waals surface area contributed by atoms with E-state index in [-0.39, 0.29) is 15.9 Å². The van der Waals surface area contributed by atoms with E-state index in [2.05, 4.69) is 9.88 Å². The fraction of sp³-hybridized carbons (Fsp3) is 0.632. The van der Waals surface area contributed by atoms with Gasteiger partial charge in [-0.2, -0.15) is 13.2 Å². The largest absolute Gasteiger partial charge is 0.417 e. The molecule has 1 fully saturated rings. The number of likely N-dealkylation sites (N-methyl/N-ethyl adjacent to an activating group) is 1. The zero-order chi connectivity index (χ0) is 20.1. The van der Waals surface area contributed by atoms with Gasteiger partial charge in [0.1, 0.15) is 11.1 Å². The van der Waals surface area contributed by atoms with Gasteiger partial charge in [-0.15, -0.1) is 11.3 Å². The number of anilines is 1. The second kappa shape index (κ2) is 7.44. The Kier molecular flexibility index (Phi) is 5.28. The number of fused-ring (bicyclic) bond motifs is 2. The topological polar surface area (TPSA) is 65.6 Å². The molecule has 154 valence electrons. The van der Waals surface area contributed by atoms with Gasteiger partial charge in [-0.3, -0.25) is 4.90 Å². The standard InChI is InChI=1S/C19H25F3N4OS/c1-25-7-9-26(10-8-25)18(27)16-15(23)13-14(19(20,21)22)11-5-3-2-4-6-12(11)24-17(13)28-16/h18,27H,2-10,23H2,1H3. The number of piperazine rings is 1. The first-order valence-corrected chi connectivity index (χ1v) is 10.5. The summed E-state index contributed by atoms with van der Waals surface area (Å²) in [6, 6.07) is 0. The van der Waals surface area contributed by atoms with Crippen molar-refractivity contribution >= 4 is 27.2 Å². The van der Waals surface area contributed by atoms with E-state index in [9.17, 15) is 18.3 Å². The molecule has 3 heterocycles. The highest BCUT2D eigenvalue weighted by atomic mass is 32.1. The third-order valence-electron chi connectivity index (χ3n) is 5.83. The van der Waals surface area contributed by atoms with E-state index in [1.165, 1.54) is 0 Å². The molecule has 1 unspecified atom stereocenters. The highest BCUT2D eigenvalue weighted by Crippen LogP contribution is 2.47. The predicted molar refractivity (Wildman–Crippen MR) is 104 cm³/mol. The van der Waals surface area contributed by atoms with Gasteiger partial charge in [0.15, 0.2) is 0 Å². The van der Waals surface area contributed by atoms with Gasteiger partial charge in [-0.1, -0.05) is 6.42 Å². The summed E-state index contributed by atoms with van der Waals surface area (Å²) in [5.74, 6) is 0. The Bertz CT molecular complexity index is 874. The zero-order valence-electron chi connectivity index (χ0n) is 15.8. The highest BCUT2D eigenvalue weighted by Gasteiger charge is 2.40. The van der Waals surface area contributed by atoms with Crippen LogP contribution in [0.3, 0.4) is 0 Å². The van der Waals surface area contributed by atoms with Crippen LogP contribution in [0.25, 0.3) is 10.2 Å². The summed E-state index contributed by atoms with van der Waals surface area (Å²) >= 11 is 1.09. The Morgan fingerprint density at radius 1 is 1.11 bits per heavy atom. The molecule has 1 aliphatic carbocycles. The molecule has 2 aromatic heterocycles. The number of nitrogen functional groups attached to an aromatic ring is 1. The van der Waals surface area contributed by atoms with Gasteiger partial charge in [-0.25, -0.2) is 4.98 Å². The third kappa shape index (κ3) is 3.49. The van der Waals surface area contributed by atoms with E-state index >= 15 is 0 Å². The summed E-state index contributed by atoms with van der Waals surface area (Å²) in [6.45, 7) is 2.87. The Hall–Kier alpha value is -1.42. The van der Waals surface area contributed by atoms with Crippen molar-refractivity contribution in [1.29, 1.82) is 0 Å². The molecular weight excluding hydrogens is 389 g/mol. The number of aliphatic hydroxyl groups excluding tert-OH is 1. The number of nitrogens with two attached hydrogens (primary N) is 1. The van der Waals surface area contributed by atoms with Crippen LogP contribution in [-0.2, 0) is 19.0 Å². The summed E-state index contributed by atoms with van der Waals surface area (Å²) in [5, 5.41) is 10.8. The average molecular weight is 414 g/mol. The monoisotopic (exact) mass is 414 g/mol. The molecule has 0 spiro atoms. The number of pyridine rings is 1. The number of aryl methyl sites for hydroxylation is 1. The minimum absolute atomic E-state index is 0.0262. The molecular formula is C19H25F3N4OS. The van der Waals surface area contributed by atoms with Gasteiger partial charge < -0.3 is 15.7 Å². The van der Waals surface area contributed by atoms with Crippen LogP contribution in [0.1, 0.15) is 47.2 Å². The van der Waals surface area contributed by atoms with Crippen molar-refractivity contribution in [2.45, 2.75) is 44.5 Å². The SMILES string of the molecule is CN1CCN(C(O)c2sc3nc4c(c(C(F)(F)F)c3c2N)CCCCC4)CC1. The molecule has 0 amide bonds. The molecule has 28 heavy (non-hydrogen) atoms. The van der Waals surface area contributed by atoms with E-state index in [0.29, 0.717) is 42.1 Å². The molecule has 0 bridgehead atoms. The molecule has 5 nitrogen and oxygen atoms in total. The first-order valence-electron chi connectivity index (χ1n) is 9.69. The maximum absolute atomic E-state index is 14.1. The van der Waals surface area contributed by atoms with Crippen LogP contribution >= 0.6 is 11.3 Å². The Morgan fingerprint density at radius 3 is 2.46 bits per heavy atom. The van der Waals surface area contributed by atoms with Crippen molar-refractivity contribution < 1.29 is 18.3 Å². The van der Waals surface area contributed by atoms with Crippen molar-refractivity contribution in [1.82, 2.24) is 14.8 Å². The number of hydrogen-bond acceptors (Lipinski definition) is 6. The molecule has 1 saturated heterocycles. The van der Waals surface area contributed by atoms with Crippen molar-refractivity contribution in [3.63, 3.8) is 0 Å². The summed E-state index contributed by atoms with van der Waals surface area (Å²) < 4.78 is 42.2. The van der Waals surface area contributed by atoms with Crippen LogP contribution in [-0.4, -0.2) is 53.1 Å². The second-order valence-electron chi connectivity index (χ2n) is 7.74. The Labute approximate surface area is 165 Å². The molecule has 0 radical (unpaired) electrons. The van der Waals surface area contributed by atoms with Gasteiger partial charge in [0.2, 0.25) is 0 Å². The molecule has 1 atom stereocenters. The Balaban J connectivity index is 1.84. The number of nitrogens with zero attached hydrogens (tertiary/aromatic N) is 3. The third-order valence-corrected chi connectivity index (χ3v) is 6.97. The quantitative estimate of drug-likeness (QED) is 0.738. The lowest BCUT2D eigenvalue weighted by Gasteiger charge is -2.35. The Morgan fingerprint density at radius 2 is 1.79 bits per heavy atom. The predicted octanol–water partition coefficient (Wildman–Crippen LogP) is 3.40. The number of thiophene rings is 1. The van der Waals surface area contributed by atoms with Crippen LogP contribution < -0.4 is 5.73 Å². The van der Waals surface area contributed by atoms with E-state index in [1.54, 1.807) is 0 Å². The van der Waals surface area contributed by atoms with Crippen LogP contribution in [0.15, 0.2) is 0 Å². The molecule has 0 aromatic carbocycles. The number of rotatable bonds is 2. The van der Waals surface area contributed by atoms with E-state index in [1.807, 2.05) is 11.9 Å². The summed E-state index contributed by atoms with van der Waals surface area (Å²) in [4.78, 5) is 9.24. The number of alkyl halides is 3.